The number of rotatable bonds is 7. The molecule has 0 aliphatic carbocycles. The van der Waals surface area contributed by atoms with Gasteiger partial charge in [0.1, 0.15) is 5.56 Å². The van der Waals surface area contributed by atoms with E-state index in [0.29, 0.717) is 11.2 Å². The summed E-state index contributed by atoms with van der Waals surface area (Å²) in [7, 11) is 0. The Morgan fingerprint density at radius 2 is 1.79 bits per heavy atom. The van der Waals surface area contributed by atoms with Gasteiger partial charge in [-0.3, -0.25) is 9.48 Å². The second kappa shape index (κ2) is 8.12. The molecule has 0 fully saturated rings. The summed E-state index contributed by atoms with van der Waals surface area (Å²) < 4.78 is 3.70. The van der Waals surface area contributed by atoms with Crippen LogP contribution < -0.4 is 0 Å². The molecule has 0 bridgehead atoms. The summed E-state index contributed by atoms with van der Waals surface area (Å²) in [5, 5.41) is 8.95. The van der Waals surface area contributed by atoms with Gasteiger partial charge in [0, 0.05) is 36.1 Å². The summed E-state index contributed by atoms with van der Waals surface area (Å²) in [6, 6.07) is 2.23. The molecule has 0 spiro atoms. The van der Waals surface area contributed by atoms with Gasteiger partial charge in [-0.15, -0.1) is 0 Å². The Bertz CT molecular complexity index is 963. The van der Waals surface area contributed by atoms with E-state index in [1.165, 1.54) is 0 Å². The van der Waals surface area contributed by atoms with Crippen molar-refractivity contribution in [2.24, 2.45) is 0 Å². The predicted molar refractivity (Wildman–Crippen MR) is 110 cm³/mol. The van der Waals surface area contributed by atoms with Crippen LogP contribution >= 0.6 is 0 Å². The normalized spacial score (nSPS) is 13.6. The van der Waals surface area contributed by atoms with Crippen LogP contribution in [0.1, 0.15) is 63.5 Å². The van der Waals surface area contributed by atoms with Crippen LogP contribution in [0.4, 0.5) is 0 Å². The number of nitrogens with zero attached hydrogens (tertiary/aromatic N) is 6. The van der Waals surface area contributed by atoms with Crippen LogP contribution in [0.15, 0.2) is 24.7 Å². The summed E-state index contributed by atoms with van der Waals surface area (Å²) in [6.45, 7) is 13.3. The predicted octanol–water partition coefficient (Wildman–Crippen LogP) is 3.96. The first-order valence-electron chi connectivity index (χ1n) is 10.1. The molecule has 7 heteroatoms. The summed E-state index contributed by atoms with van der Waals surface area (Å²) in [5.41, 5.74) is 4.09. The fraction of sp³-hybridized carbons (Fsp3) is 0.524. The third-order valence-corrected chi connectivity index (χ3v) is 5.68. The van der Waals surface area contributed by atoms with Gasteiger partial charge in [0.2, 0.25) is 0 Å². The lowest BCUT2D eigenvalue weighted by molar-refractivity contribution is 0.0600. The molecule has 3 aromatic heterocycles. The molecule has 3 heterocycles. The van der Waals surface area contributed by atoms with Gasteiger partial charge in [0.25, 0.3) is 5.91 Å². The van der Waals surface area contributed by atoms with E-state index in [1.807, 2.05) is 28.8 Å². The number of hydrogen-bond acceptors (Lipinski definition) is 4. The van der Waals surface area contributed by atoms with Crippen molar-refractivity contribution < 1.29 is 4.79 Å². The number of aryl methyl sites for hydroxylation is 1. The average molecular weight is 383 g/mol. The highest BCUT2D eigenvalue weighted by Crippen LogP contribution is 2.25. The molecule has 28 heavy (non-hydrogen) atoms. The lowest BCUT2D eigenvalue weighted by Crippen LogP contribution is -2.44. The van der Waals surface area contributed by atoms with Crippen LogP contribution in [-0.4, -0.2) is 47.3 Å². The van der Waals surface area contributed by atoms with Gasteiger partial charge >= 0.3 is 0 Å². The number of amides is 1. The number of fused-ring (bicyclic) bond motifs is 1. The molecule has 0 aromatic carbocycles. The maximum Gasteiger partial charge on any atom is 0.259 e. The Morgan fingerprint density at radius 1 is 1.11 bits per heavy atom. The molecule has 1 amide bonds. The van der Waals surface area contributed by atoms with Crippen LogP contribution in [0.3, 0.4) is 0 Å². The Balaban J connectivity index is 2.09. The fourth-order valence-corrected chi connectivity index (χ4v) is 3.63. The minimum atomic E-state index is -0.00988. The topological polar surface area (TPSA) is 68.3 Å². The average Bonchev–Trinajstić information content (AvgIpc) is 3.30. The minimum Gasteiger partial charge on any atom is -0.333 e. The molecular formula is C21H30N6O. The third-order valence-electron chi connectivity index (χ3n) is 5.68. The zero-order valence-corrected chi connectivity index (χ0v) is 17.7. The van der Waals surface area contributed by atoms with E-state index in [1.54, 1.807) is 16.9 Å². The van der Waals surface area contributed by atoms with Crippen molar-refractivity contribution in [2.45, 2.75) is 73.0 Å². The molecular weight excluding hydrogens is 352 g/mol. The molecule has 0 aliphatic heterocycles. The quantitative estimate of drug-likeness (QED) is 0.620. The number of carbonyl (C=O) groups is 1. The van der Waals surface area contributed by atoms with E-state index in [4.69, 9.17) is 0 Å². The van der Waals surface area contributed by atoms with Crippen molar-refractivity contribution >= 4 is 11.6 Å². The van der Waals surface area contributed by atoms with Crippen LogP contribution in [0.25, 0.3) is 16.9 Å². The molecule has 0 radical (unpaired) electrons. The monoisotopic (exact) mass is 382 g/mol. The number of carbonyl (C=O) groups excluding carboxylic acids is 1. The van der Waals surface area contributed by atoms with Crippen molar-refractivity contribution in [1.82, 2.24) is 29.3 Å². The largest absolute Gasteiger partial charge is 0.333 e. The first kappa shape index (κ1) is 20.0. The Morgan fingerprint density at radius 3 is 2.36 bits per heavy atom. The van der Waals surface area contributed by atoms with Gasteiger partial charge in [-0.25, -0.2) is 9.50 Å². The molecule has 7 nitrogen and oxygen atoms in total. The van der Waals surface area contributed by atoms with Crippen molar-refractivity contribution in [3.63, 3.8) is 0 Å². The van der Waals surface area contributed by atoms with Gasteiger partial charge in [0.15, 0.2) is 5.65 Å². The zero-order valence-electron chi connectivity index (χ0n) is 17.7. The second-order valence-electron chi connectivity index (χ2n) is 7.31. The standard InChI is InChI=1S/C21H30N6O/c1-7-14(4)26(15(5)8-2)21(28)18-13-24-27-19(10-11-22-20(18)27)17-12-23-25(9-3)16(17)6/h10-15H,7-9H2,1-6H3/t14-,15-/m0/s1. The van der Waals surface area contributed by atoms with Gasteiger partial charge < -0.3 is 4.90 Å². The van der Waals surface area contributed by atoms with Crippen molar-refractivity contribution in [2.75, 3.05) is 0 Å². The van der Waals surface area contributed by atoms with Gasteiger partial charge in [0.05, 0.1) is 18.1 Å². The van der Waals surface area contributed by atoms with E-state index in [0.717, 1.165) is 36.3 Å². The fourth-order valence-electron chi connectivity index (χ4n) is 3.63. The lowest BCUT2D eigenvalue weighted by Gasteiger charge is -2.33. The highest BCUT2D eigenvalue weighted by molar-refractivity contribution is 6.00. The Kier molecular flexibility index (Phi) is 5.82. The van der Waals surface area contributed by atoms with E-state index in [-0.39, 0.29) is 18.0 Å². The first-order chi connectivity index (χ1) is 13.4. The van der Waals surface area contributed by atoms with E-state index < -0.39 is 0 Å². The maximum atomic E-state index is 13.4. The van der Waals surface area contributed by atoms with Gasteiger partial charge in [-0.2, -0.15) is 10.2 Å². The van der Waals surface area contributed by atoms with Crippen LogP contribution in [0.2, 0.25) is 0 Å². The van der Waals surface area contributed by atoms with Gasteiger partial charge in [-0.1, -0.05) is 13.8 Å². The summed E-state index contributed by atoms with van der Waals surface area (Å²) in [6.07, 6.45) is 7.04. The highest BCUT2D eigenvalue weighted by Gasteiger charge is 2.28. The molecule has 0 saturated carbocycles. The van der Waals surface area contributed by atoms with E-state index >= 15 is 0 Å². The van der Waals surface area contributed by atoms with Crippen LogP contribution in [0, 0.1) is 6.92 Å². The van der Waals surface area contributed by atoms with Crippen molar-refractivity contribution in [1.29, 1.82) is 0 Å². The zero-order chi connectivity index (χ0) is 20.4. The molecule has 3 aromatic rings. The smallest absolute Gasteiger partial charge is 0.259 e. The highest BCUT2D eigenvalue weighted by atomic mass is 16.2. The summed E-state index contributed by atoms with van der Waals surface area (Å²) >= 11 is 0. The summed E-state index contributed by atoms with van der Waals surface area (Å²) in [4.78, 5) is 19.8. The van der Waals surface area contributed by atoms with Gasteiger partial charge in [-0.05, 0) is 46.6 Å². The molecule has 150 valence electrons. The maximum absolute atomic E-state index is 13.4. The molecule has 2 atom stereocenters. The Labute approximate surface area is 166 Å². The summed E-state index contributed by atoms with van der Waals surface area (Å²) in [5.74, 6) is -0.00988. The van der Waals surface area contributed by atoms with E-state index in [2.05, 4.69) is 49.8 Å². The lowest BCUT2D eigenvalue weighted by atomic mass is 10.1. The first-order valence-corrected chi connectivity index (χ1v) is 10.1. The third kappa shape index (κ3) is 3.30. The second-order valence-corrected chi connectivity index (χ2v) is 7.31. The minimum absolute atomic E-state index is 0.00988. The van der Waals surface area contributed by atoms with Crippen molar-refractivity contribution in [3.8, 4) is 11.3 Å². The van der Waals surface area contributed by atoms with Crippen LogP contribution in [0.5, 0.6) is 0 Å². The molecule has 0 unspecified atom stereocenters. The SMILES string of the molecule is CC[C@H](C)N(C(=O)c1cnn2c(-c3cnn(CC)c3C)ccnc12)[C@@H](C)CC. The Hall–Kier alpha value is -2.70. The van der Waals surface area contributed by atoms with Crippen molar-refractivity contribution in [3.05, 3.63) is 35.9 Å². The number of aromatic nitrogens is 5. The molecule has 0 aliphatic rings. The molecule has 0 N–H and O–H groups in total. The molecule has 3 rings (SSSR count). The number of hydrogen-bond donors (Lipinski definition) is 0. The van der Waals surface area contributed by atoms with Crippen LogP contribution in [-0.2, 0) is 6.54 Å². The molecule has 0 saturated heterocycles. The van der Waals surface area contributed by atoms with E-state index in [9.17, 15) is 4.79 Å².